The molecule has 5 nitrogen and oxygen atoms in total. The Morgan fingerprint density at radius 3 is 2.20 bits per heavy atom. The molecule has 2 rings (SSSR count). The van der Waals surface area contributed by atoms with E-state index in [4.69, 9.17) is 0 Å². The first kappa shape index (κ1) is 19.6. The summed E-state index contributed by atoms with van der Waals surface area (Å²) < 4.78 is 39.7. The highest BCUT2D eigenvalue weighted by molar-refractivity contribution is 14.1. The van der Waals surface area contributed by atoms with E-state index in [0.29, 0.717) is 5.69 Å². The highest BCUT2D eigenvalue weighted by Crippen LogP contribution is 2.23. The zero-order valence-electron chi connectivity index (χ0n) is 13.7. The van der Waals surface area contributed by atoms with Crippen LogP contribution in [0.1, 0.15) is 13.3 Å². The van der Waals surface area contributed by atoms with Gasteiger partial charge in [-0.05, 0) is 77.5 Å². The van der Waals surface area contributed by atoms with Crippen molar-refractivity contribution in [3.63, 3.8) is 0 Å². The van der Waals surface area contributed by atoms with Crippen LogP contribution in [0.5, 0.6) is 0 Å². The third-order valence-corrected chi connectivity index (χ3v) is 5.42. The number of hydrogen-bond acceptors (Lipinski definition) is 3. The second-order valence-corrected chi connectivity index (χ2v) is 8.56. The largest absolute Gasteiger partial charge is 0.324 e. The Kier molecular flexibility index (Phi) is 6.39. The molecule has 0 bridgehead atoms. The van der Waals surface area contributed by atoms with Crippen molar-refractivity contribution in [3.05, 3.63) is 57.9 Å². The minimum absolute atomic E-state index is 0.244. The molecule has 25 heavy (non-hydrogen) atoms. The number of carbonyl (C=O) groups excluding carboxylic acids is 1. The lowest BCUT2D eigenvalue weighted by atomic mass is 10.2. The number of amides is 1. The van der Waals surface area contributed by atoms with Crippen molar-refractivity contribution < 1.29 is 17.6 Å². The molecule has 0 unspecified atom stereocenters. The Bertz CT molecular complexity index is 839. The minimum Gasteiger partial charge on any atom is -0.324 e. The molecule has 0 aliphatic carbocycles. The van der Waals surface area contributed by atoms with Gasteiger partial charge in [0.05, 0.1) is 11.9 Å². The number of halogens is 2. The summed E-state index contributed by atoms with van der Waals surface area (Å²) in [6.07, 6.45) is 1.29. The zero-order chi connectivity index (χ0) is 18.6. The first-order chi connectivity index (χ1) is 11.7. The number of carbonyl (C=O) groups is 1. The normalized spacial score (nSPS) is 12.5. The summed E-state index contributed by atoms with van der Waals surface area (Å²) in [6.45, 7) is 1.72. The Morgan fingerprint density at radius 1 is 1.16 bits per heavy atom. The van der Waals surface area contributed by atoms with Crippen LogP contribution in [0.2, 0.25) is 0 Å². The maximum absolute atomic E-state index is 13.2. The van der Waals surface area contributed by atoms with Gasteiger partial charge in [-0.1, -0.05) is 6.92 Å². The second-order valence-electron chi connectivity index (χ2n) is 5.46. The molecule has 0 saturated heterocycles. The van der Waals surface area contributed by atoms with Crippen LogP contribution in [-0.2, 0) is 14.8 Å². The number of nitrogens with zero attached hydrogens (tertiary/aromatic N) is 1. The van der Waals surface area contributed by atoms with Gasteiger partial charge in [-0.2, -0.15) is 0 Å². The van der Waals surface area contributed by atoms with Gasteiger partial charge in [-0.3, -0.25) is 9.10 Å². The van der Waals surface area contributed by atoms with Gasteiger partial charge >= 0.3 is 0 Å². The molecular formula is C17H18FIN2O3S. The Balaban J connectivity index is 2.34. The molecule has 1 atom stereocenters. The molecule has 2 aromatic rings. The van der Waals surface area contributed by atoms with Crippen LogP contribution < -0.4 is 9.62 Å². The third kappa shape index (κ3) is 5.15. The van der Waals surface area contributed by atoms with E-state index in [1.807, 2.05) is 12.1 Å². The van der Waals surface area contributed by atoms with Gasteiger partial charge in [0, 0.05) is 9.26 Å². The smallest absolute Gasteiger partial charge is 0.248 e. The SMILES string of the molecule is CC[C@H](C(=O)Nc1ccc(I)cc1)N(c1ccc(F)cc1)S(C)(=O)=O. The molecule has 8 heteroatoms. The lowest BCUT2D eigenvalue weighted by Crippen LogP contribution is -2.47. The first-order valence-corrected chi connectivity index (χ1v) is 10.5. The maximum atomic E-state index is 13.2. The summed E-state index contributed by atoms with van der Waals surface area (Å²) in [5.41, 5.74) is 0.824. The molecule has 0 aliphatic rings. The highest BCUT2D eigenvalue weighted by atomic mass is 127. The molecule has 0 aliphatic heterocycles. The molecule has 0 saturated carbocycles. The summed E-state index contributed by atoms with van der Waals surface area (Å²) in [5.74, 6) is -0.924. The van der Waals surface area contributed by atoms with Gasteiger partial charge < -0.3 is 5.32 Å². The van der Waals surface area contributed by atoms with E-state index in [2.05, 4.69) is 27.9 Å². The topological polar surface area (TPSA) is 66.5 Å². The first-order valence-electron chi connectivity index (χ1n) is 7.53. The van der Waals surface area contributed by atoms with E-state index in [1.165, 1.54) is 12.1 Å². The molecule has 0 spiro atoms. The Morgan fingerprint density at radius 2 is 1.72 bits per heavy atom. The summed E-state index contributed by atoms with van der Waals surface area (Å²) in [4.78, 5) is 12.7. The van der Waals surface area contributed by atoms with Crippen LogP contribution in [-0.4, -0.2) is 26.6 Å². The van der Waals surface area contributed by atoms with Gasteiger partial charge in [-0.15, -0.1) is 0 Å². The number of benzene rings is 2. The number of rotatable bonds is 6. The molecule has 2 aromatic carbocycles. The lowest BCUT2D eigenvalue weighted by molar-refractivity contribution is -0.117. The fourth-order valence-electron chi connectivity index (χ4n) is 2.41. The fraction of sp³-hybridized carbons (Fsp3) is 0.235. The second kappa shape index (κ2) is 8.13. The monoisotopic (exact) mass is 476 g/mol. The molecule has 0 fully saturated rings. The minimum atomic E-state index is -3.74. The van der Waals surface area contributed by atoms with Crippen LogP contribution in [0.25, 0.3) is 0 Å². The van der Waals surface area contributed by atoms with E-state index in [1.54, 1.807) is 19.1 Å². The Labute approximate surface area is 160 Å². The molecule has 1 N–H and O–H groups in total. The highest BCUT2D eigenvalue weighted by Gasteiger charge is 2.31. The van der Waals surface area contributed by atoms with Gasteiger partial charge in [0.15, 0.2) is 0 Å². The van der Waals surface area contributed by atoms with Crippen molar-refractivity contribution in [2.75, 3.05) is 15.9 Å². The van der Waals surface area contributed by atoms with Crippen molar-refractivity contribution in [1.29, 1.82) is 0 Å². The predicted molar refractivity (Wildman–Crippen MR) is 106 cm³/mol. The van der Waals surface area contributed by atoms with E-state index >= 15 is 0 Å². The van der Waals surface area contributed by atoms with Crippen molar-refractivity contribution in [1.82, 2.24) is 0 Å². The number of hydrogen-bond donors (Lipinski definition) is 1. The molecule has 134 valence electrons. The zero-order valence-corrected chi connectivity index (χ0v) is 16.7. The fourth-order valence-corrected chi connectivity index (χ4v) is 3.98. The van der Waals surface area contributed by atoms with Crippen molar-refractivity contribution in [2.24, 2.45) is 0 Å². The van der Waals surface area contributed by atoms with Gasteiger partial charge in [0.1, 0.15) is 11.9 Å². The average Bonchev–Trinajstić information content (AvgIpc) is 2.54. The molecular weight excluding hydrogens is 458 g/mol. The average molecular weight is 476 g/mol. The Hall–Kier alpha value is -1.68. The van der Waals surface area contributed by atoms with Crippen LogP contribution in [0.4, 0.5) is 15.8 Å². The van der Waals surface area contributed by atoms with Crippen molar-refractivity contribution in [3.8, 4) is 0 Å². The maximum Gasteiger partial charge on any atom is 0.248 e. The predicted octanol–water partition coefficient (Wildman–Crippen LogP) is 3.61. The summed E-state index contributed by atoms with van der Waals surface area (Å²) in [7, 11) is -3.74. The van der Waals surface area contributed by atoms with Crippen LogP contribution in [0, 0.1) is 9.39 Å². The van der Waals surface area contributed by atoms with E-state index in [0.717, 1.165) is 26.3 Å². The number of nitrogens with one attached hydrogen (secondary N) is 1. The molecule has 0 heterocycles. The summed E-state index contributed by atoms with van der Waals surface area (Å²) in [5, 5.41) is 2.73. The summed E-state index contributed by atoms with van der Waals surface area (Å²) >= 11 is 2.15. The van der Waals surface area contributed by atoms with Crippen LogP contribution in [0.15, 0.2) is 48.5 Å². The number of anilines is 2. The van der Waals surface area contributed by atoms with Gasteiger partial charge in [0.2, 0.25) is 15.9 Å². The van der Waals surface area contributed by atoms with Crippen LogP contribution >= 0.6 is 22.6 Å². The van der Waals surface area contributed by atoms with Gasteiger partial charge in [-0.25, -0.2) is 12.8 Å². The van der Waals surface area contributed by atoms with E-state index in [9.17, 15) is 17.6 Å². The molecule has 0 radical (unpaired) electrons. The lowest BCUT2D eigenvalue weighted by Gasteiger charge is -2.30. The van der Waals surface area contributed by atoms with Crippen molar-refractivity contribution >= 4 is 49.9 Å². The summed E-state index contributed by atoms with van der Waals surface area (Å²) in [6, 6.07) is 11.2. The van der Waals surface area contributed by atoms with Crippen molar-refractivity contribution in [2.45, 2.75) is 19.4 Å². The van der Waals surface area contributed by atoms with Gasteiger partial charge in [0.25, 0.3) is 0 Å². The number of sulfonamides is 1. The van der Waals surface area contributed by atoms with E-state index < -0.39 is 27.8 Å². The standard InChI is InChI=1S/C17H18FIN2O3S/c1-3-16(17(22)20-14-8-6-13(19)7-9-14)21(25(2,23)24)15-10-4-12(18)5-11-15/h4-11,16H,3H2,1-2H3,(H,20,22)/t16-/m1/s1. The van der Waals surface area contributed by atoms with Crippen LogP contribution in [0.3, 0.4) is 0 Å². The molecule has 0 aromatic heterocycles. The van der Waals surface area contributed by atoms with E-state index in [-0.39, 0.29) is 12.1 Å². The molecule has 1 amide bonds. The quantitative estimate of drug-likeness (QED) is 0.648. The third-order valence-electron chi connectivity index (χ3n) is 3.52.